The molecular weight excluding hydrogens is 488 g/mol. The second kappa shape index (κ2) is 9.70. The lowest BCUT2D eigenvalue weighted by atomic mass is 9.69. The Morgan fingerprint density at radius 3 is 2.50 bits per heavy atom. The van der Waals surface area contributed by atoms with Gasteiger partial charge in [-0.2, -0.15) is 0 Å². The van der Waals surface area contributed by atoms with Crippen molar-refractivity contribution < 1.29 is 28.7 Å². The first kappa shape index (κ1) is 24.3. The zero-order valence-electron chi connectivity index (χ0n) is 21.1. The van der Waals surface area contributed by atoms with Crippen molar-refractivity contribution in [2.24, 2.45) is 10.9 Å². The van der Waals surface area contributed by atoms with Gasteiger partial charge in [0.1, 0.15) is 12.0 Å². The maximum Gasteiger partial charge on any atom is 0.315 e. The highest BCUT2D eigenvalue weighted by atomic mass is 16.7. The number of nitro groups is 1. The molecular formula is C29H28N2O7. The Kier molecular flexibility index (Phi) is 6.21. The predicted molar refractivity (Wildman–Crippen MR) is 137 cm³/mol. The molecule has 0 aromatic heterocycles. The Labute approximate surface area is 219 Å². The first-order valence-electron chi connectivity index (χ1n) is 13.1. The van der Waals surface area contributed by atoms with E-state index in [0.717, 1.165) is 31.2 Å². The van der Waals surface area contributed by atoms with Crippen LogP contribution in [0.1, 0.15) is 68.4 Å². The smallest absolute Gasteiger partial charge is 0.315 e. The van der Waals surface area contributed by atoms with Crippen molar-refractivity contribution >= 4 is 23.2 Å². The van der Waals surface area contributed by atoms with E-state index in [0.29, 0.717) is 29.2 Å². The predicted octanol–water partition coefficient (Wildman–Crippen LogP) is 5.38. The van der Waals surface area contributed by atoms with E-state index in [1.165, 1.54) is 6.07 Å². The topological polar surface area (TPSA) is 117 Å². The first-order chi connectivity index (χ1) is 18.4. The number of Topliss-reactive ketones (excluding diaryl/α,β-unsaturated/α-hetero) is 1. The summed E-state index contributed by atoms with van der Waals surface area (Å²) in [7, 11) is 0. The summed E-state index contributed by atoms with van der Waals surface area (Å²) in [5.41, 5.74) is 2.48. The van der Waals surface area contributed by atoms with Gasteiger partial charge in [0.15, 0.2) is 17.3 Å². The van der Waals surface area contributed by atoms with E-state index >= 15 is 0 Å². The Morgan fingerprint density at radius 2 is 1.79 bits per heavy atom. The number of carbonyl (C=O) groups excluding carboxylic acids is 2. The number of carbonyl (C=O) groups is 2. The van der Waals surface area contributed by atoms with Crippen LogP contribution in [0.3, 0.4) is 0 Å². The highest BCUT2D eigenvalue weighted by Crippen LogP contribution is 2.51. The highest BCUT2D eigenvalue weighted by Gasteiger charge is 2.48. The van der Waals surface area contributed by atoms with E-state index < -0.39 is 22.7 Å². The number of esters is 1. The van der Waals surface area contributed by atoms with Gasteiger partial charge < -0.3 is 14.2 Å². The fraction of sp³-hybridized carbons (Fsp3) is 0.414. The number of fused-ring (bicyclic) bond motifs is 1. The van der Waals surface area contributed by atoms with Crippen LogP contribution in [0.5, 0.6) is 11.5 Å². The van der Waals surface area contributed by atoms with Gasteiger partial charge >= 0.3 is 5.97 Å². The summed E-state index contributed by atoms with van der Waals surface area (Å²) in [6.45, 7) is 1.69. The van der Waals surface area contributed by atoms with Crippen LogP contribution in [0, 0.1) is 16.0 Å². The third-order valence-electron chi connectivity index (χ3n) is 8.05. The van der Waals surface area contributed by atoms with Crippen LogP contribution < -0.4 is 9.47 Å². The molecule has 9 nitrogen and oxygen atoms in total. The van der Waals surface area contributed by atoms with Gasteiger partial charge in [-0.3, -0.25) is 24.7 Å². The standard InChI is InChI=1S/C29H28N2O7/c1-16-26(29(33)38-19-9-5-6-10-19)27(20-13-24-25(37-15-36-24)14-22(20)31(34)35)28-21(30-16)11-18(12-23(28)32)17-7-3-2-4-8-17/h2-4,7-8,13-14,18-19,26-27H,5-6,9-12,15H2,1H3/t18-,26?,27-/m1/s1. The van der Waals surface area contributed by atoms with Gasteiger partial charge in [0.2, 0.25) is 6.79 Å². The molecule has 6 rings (SSSR count). The summed E-state index contributed by atoms with van der Waals surface area (Å²) in [5.74, 6) is -1.97. The zero-order chi connectivity index (χ0) is 26.4. The molecule has 9 heteroatoms. The molecule has 2 aromatic rings. The monoisotopic (exact) mass is 516 g/mol. The van der Waals surface area contributed by atoms with E-state index in [4.69, 9.17) is 19.2 Å². The van der Waals surface area contributed by atoms with Gasteiger partial charge in [-0.15, -0.1) is 0 Å². The van der Waals surface area contributed by atoms with Crippen molar-refractivity contribution in [1.82, 2.24) is 0 Å². The van der Waals surface area contributed by atoms with Crippen LogP contribution in [0.4, 0.5) is 5.69 Å². The average molecular weight is 517 g/mol. The number of hydrogen-bond acceptors (Lipinski definition) is 8. The molecule has 2 heterocycles. The number of ketones is 1. The van der Waals surface area contributed by atoms with Crippen LogP contribution in [0.2, 0.25) is 0 Å². The molecule has 2 aliphatic heterocycles. The summed E-state index contributed by atoms with van der Waals surface area (Å²) >= 11 is 0. The molecule has 2 aromatic carbocycles. The average Bonchev–Trinajstić information content (AvgIpc) is 3.59. The molecule has 1 saturated carbocycles. The lowest BCUT2D eigenvalue weighted by Gasteiger charge is -2.36. The van der Waals surface area contributed by atoms with Gasteiger partial charge in [-0.05, 0) is 56.6 Å². The normalized spacial score (nSPS) is 24.7. The van der Waals surface area contributed by atoms with Crippen LogP contribution in [-0.2, 0) is 14.3 Å². The minimum atomic E-state index is -0.953. The van der Waals surface area contributed by atoms with Crippen molar-refractivity contribution in [3.63, 3.8) is 0 Å². The lowest BCUT2D eigenvalue weighted by molar-refractivity contribution is -0.385. The highest BCUT2D eigenvalue weighted by molar-refractivity contribution is 6.09. The lowest BCUT2D eigenvalue weighted by Crippen LogP contribution is -2.39. The molecule has 0 spiro atoms. The minimum absolute atomic E-state index is 0.0557. The van der Waals surface area contributed by atoms with E-state index in [1.807, 2.05) is 30.3 Å². The van der Waals surface area contributed by atoms with E-state index in [1.54, 1.807) is 13.0 Å². The summed E-state index contributed by atoms with van der Waals surface area (Å²) in [6, 6.07) is 12.6. The fourth-order valence-electron chi connectivity index (χ4n) is 6.26. The summed E-state index contributed by atoms with van der Waals surface area (Å²) in [5, 5.41) is 12.2. The maximum atomic E-state index is 13.8. The molecule has 0 amide bonds. The zero-order valence-corrected chi connectivity index (χ0v) is 21.1. The number of benzene rings is 2. The van der Waals surface area contributed by atoms with Crippen molar-refractivity contribution in [3.05, 3.63) is 75.0 Å². The van der Waals surface area contributed by atoms with Crippen molar-refractivity contribution in [2.75, 3.05) is 6.79 Å². The maximum absolute atomic E-state index is 13.8. The number of rotatable bonds is 5. The number of hydrogen-bond donors (Lipinski definition) is 0. The molecule has 3 atom stereocenters. The molecule has 4 aliphatic rings. The molecule has 38 heavy (non-hydrogen) atoms. The molecule has 2 aliphatic carbocycles. The van der Waals surface area contributed by atoms with Crippen LogP contribution in [0.15, 0.2) is 58.7 Å². The molecule has 196 valence electrons. The van der Waals surface area contributed by atoms with Crippen molar-refractivity contribution in [3.8, 4) is 11.5 Å². The fourth-order valence-corrected chi connectivity index (χ4v) is 6.26. The van der Waals surface area contributed by atoms with E-state index in [9.17, 15) is 19.7 Å². The van der Waals surface area contributed by atoms with Gasteiger partial charge in [0.25, 0.3) is 5.69 Å². The Morgan fingerprint density at radius 1 is 1.08 bits per heavy atom. The molecule has 0 N–H and O–H groups in total. The number of nitro benzene ring substituents is 1. The number of nitrogens with zero attached hydrogens (tertiary/aromatic N) is 2. The summed E-state index contributed by atoms with van der Waals surface area (Å²) < 4.78 is 16.8. The van der Waals surface area contributed by atoms with Crippen molar-refractivity contribution in [2.45, 2.75) is 63.4 Å². The second-order valence-corrected chi connectivity index (χ2v) is 10.4. The van der Waals surface area contributed by atoms with E-state index in [2.05, 4.69) is 0 Å². The van der Waals surface area contributed by atoms with Gasteiger partial charge in [-0.1, -0.05) is 30.3 Å². The largest absolute Gasteiger partial charge is 0.462 e. The van der Waals surface area contributed by atoms with Crippen molar-refractivity contribution in [1.29, 1.82) is 0 Å². The second-order valence-electron chi connectivity index (χ2n) is 10.4. The minimum Gasteiger partial charge on any atom is -0.462 e. The quantitative estimate of drug-likeness (QED) is 0.297. The Bertz CT molecular complexity index is 1370. The van der Waals surface area contributed by atoms with Gasteiger partial charge in [0, 0.05) is 34.9 Å². The molecule has 0 radical (unpaired) electrons. The van der Waals surface area contributed by atoms with Crippen LogP contribution in [0.25, 0.3) is 0 Å². The molecule has 1 unspecified atom stereocenters. The third-order valence-corrected chi connectivity index (χ3v) is 8.05. The Hall–Kier alpha value is -4.01. The van der Waals surface area contributed by atoms with E-state index in [-0.39, 0.29) is 48.0 Å². The SMILES string of the molecule is CC1=NC2=C(C(=O)C[C@H](c3ccccc3)C2)[C@H](c2cc3c(cc2[N+](=O)[O-])OCO3)C1C(=O)OC1CCCC1. The van der Waals surface area contributed by atoms with Crippen LogP contribution >= 0.6 is 0 Å². The Balaban J connectivity index is 1.48. The molecule has 0 saturated heterocycles. The number of aliphatic imine (C=N–C) groups is 1. The summed E-state index contributed by atoms with van der Waals surface area (Å²) in [4.78, 5) is 44.0. The molecule has 1 fully saturated rings. The first-order valence-corrected chi connectivity index (χ1v) is 13.1. The van der Waals surface area contributed by atoms with Crippen LogP contribution in [-0.4, -0.2) is 35.3 Å². The van der Waals surface area contributed by atoms with Gasteiger partial charge in [0.05, 0.1) is 11.0 Å². The number of ether oxygens (including phenoxy) is 3. The summed E-state index contributed by atoms with van der Waals surface area (Å²) in [6.07, 6.45) is 4.09. The van der Waals surface area contributed by atoms with Gasteiger partial charge in [-0.25, -0.2) is 0 Å². The third kappa shape index (κ3) is 4.25. The molecule has 0 bridgehead atoms. The number of allylic oxidation sites excluding steroid dienone is 2.